The number of rotatable bonds is 2. The van der Waals surface area contributed by atoms with E-state index in [2.05, 4.69) is 5.32 Å². The van der Waals surface area contributed by atoms with Crippen LogP contribution in [0.5, 0.6) is 5.75 Å². The number of aromatic hydroxyl groups is 1. The number of phenols is 1. The Morgan fingerprint density at radius 1 is 1.05 bits per heavy atom. The molecule has 0 aliphatic carbocycles. The number of nitrogens with one attached hydrogen (secondary N) is 1. The summed E-state index contributed by atoms with van der Waals surface area (Å²) in [5.41, 5.74) is 0.782. The Morgan fingerprint density at radius 2 is 1.64 bits per heavy atom. The molecule has 116 valence electrons. The van der Waals surface area contributed by atoms with Gasteiger partial charge < -0.3 is 10.4 Å². The first-order valence-electron chi connectivity index (χ1n) is 6.78. The largest absolute Gasteiger partial charge is 0.506 e. The third-order valence-electron chi connectivity index (χ3n) is 3.24. The maximum atomic E-state index is 13.2. The monoisotopic (exact) mass is 305 g/mol. The highest BCUT2D eigenvalue weighted by Crippen LogP contribution is 2.31. The number of hydrogen-bond acceptors (Lipinski definition) is 2. The van der Waals surface area contributed by atoms with E-state index in [4.69, 9.17) is 0 Å². The molecule has 0 atom stereocenters. The fourth-order valence-electron chi connectivity index (χ4n) is 1.98. The molecule has 2 N–H and O–H groups in total. The Labute approximate surface area is 127 Å². The summed E-state index contributed by atoms with van der Waals surface area (Å²) in [6.45, 7) is 5.98. The number of anilines is 1. The summed E-state index contributed by atoms with van der Waals surface area (Å²) in [6, 6.07) is 7.43. The van der Waals surface area contributed by atoms with Crippen LogP contribution in [0.25, 0.3) is 0 Å². The van der Waals surface area contributed by atoms with E-state index in [1.54, 1.807) is 12.1 Å². The minimum absolute atomic E-state index is 0.113. The number of phenolic OH excluding ortho intramolecular Hbond substituents is 1. The van der Waals surface area contributed by atoms with Crippen molar-refractivity contribution in [2.45, 2.75) is 26.2 Å². The summed E-state index contributed by atoms with van der Waals surface area (Å²) < 4.78 is 26.3. The van der Waals surface area contributed by atoms with E-state index in [0.717, 1.165) is 17.7 Å². The van der Waals surface area contributed by atoms with E-state index in [1.807, 2.05) is 20.8 Å². The molecule has 0 heterocycles. The van der Waals surface area contributed by atoms with Crippen molar-refractivity contribution < 1.29 is 18.7 Å². The quantitative estimate of drug-likeness (QED) is 0.816. The number of carbonyl (C=O) groups excluding carboxylic acids is 1. The van der Waals surface area contributed by atoms with Gasteiger partial charge in [-0.15, -0.1) is 0 Å². The predicted octanol–water partition coefficient (Wildman–Crippen LogP) is 4.22. The molecule has 0 saturated heterocycles. The molecule has 22 heavy (non-hydrogen) atoms. The van der Waals surface area contributed by atoms with Gasteiger partial charge >= 0.3 is 0 Å². The average molecular weight is 305 g/mol. The van der Waals surface area contributed by atoms with Crippen LogP contribution in [0.3, 0.4) is 0 Å². The molecule has 0 fully saturated rings. The lowest BCUT2D eigenvalue weighted by Crippen LogP contribution is -2.15. The molecular formula is C17H17F2NO2. The fraction of sp³-hybridized carbons (Fsp3) is 0.235. The molecule has 0 radical (unpaired) electrons. The van der Waals surface area contributed by atoms with E-state index in [9.17, 15) is 18.7 Å². The molecule has 3 nitrogen and oxygen atoms in total. The van der Waals surface area contributed by atoms with Crippen molar-refractivity contribution in [3.8, 4) is 5.75 Å². The zero-order chi connectivity index (χ0) is 16.5. The van der Waals surface area contributed by atoms with E-state index in [-0.39, 0.29) is 22.4 Å². The standard InChI is InChI=1S/C17H17F2NO2/c1-17(2,3)11-4-5-15(21)14(8-11)20-16(22)10-6-12(18)9-13(19)7-10/h4-9,21H,1-3H3,(H,20,22). The minimum atomic E-state index is -0.835. The molecular weight excluding hydrogens is 288 g/mol. The Morgan fingerprint density at radius 3 is 2.18 bits per heavy atom. The Balaban J connectivity index is 2.32. The molecule has 0 saturated carbocycles. The van der Waals surface area contributed by atoms with Gasteiger partial charge in [0.15, 0.2) is 0 Å². The van der Waals surface area contributed by atoms with Crippen LogP contribution < -0.4 is 5.32 Å². The highest BCUT2D eigenvalue weighted by atomic mass is 19.1. The normalized spacial score (nSPS) is 11.3. The first kappa shape index (κ1) is 15.9. The number of amides is 1. The van der Waals surface area contributed by atoms with E-state index < -0.39 is 17.5 Å². The summed E-state index contributed by atoms with van der Waals surface area (Å²) >= 11 is 0. The second-order valence-corrected chi connectivity index (χ2v) is 6.09. The van der Waals surface area contributed by atoms with Crippen molar-refractivity contribution in [3.63, 3.8) is 0 Å². The van der Waals surface area contributed by atoms with Gasteiger partial charge in [0, 0.05) is 11.6 Å². The van der Waals surface area contributed by atoms with Crippen molar-refractivity contribution in [1.82, 2.24) is 0 Å². The summed E-state index contributed by atoms with van der Waals surface area (Å²) in [5, 5.41) is 12.3. The maximum absolute atomic E-state index is 13.2. The third-order valence-corrected chi connectivity index (χ3v) is 3.24. The molecule has 5 heteroatoms. The SMILES string of the molecule is CC(C)(C)c1ccc(O)c(NC(=O)c2cc(F)cc(F)c2)c1. The van der Waals surface area contributed by atoms with Crippen LogP contribution in [-0.2, 0) is 5.41 Å². The zero-order valence-corrected chi connectivity index (χ0v) is 12.6. The molecule has 2 aromatic carbocycles. The van der Waals surface area contributed by atoms with Gasteiger partial charge in [-0.2, -0.15) is 0 Å². The summed E-state index contributed by atoms with van der Waals surface area (Å²) in [6.07, 6.45) is 0. The summed E-state index contributed by atoms with van der Waals surface area (Å²) in [4.78, 5) is 12.1. The molecule has 0 aromatic heterocycles. The zero-order valence-electron chi connectivity index (χ0n) is 12.6. The first-order valence-corrected chi connectivity index (χ1v) is 6.78. The topological polar surface area (TPSA) is 49.3 Å². The van der Waals surface area contributed by atoms with Gasteiger partial charge in [0.2, 0.25) is 0 Å². The first-order chi connectivity index (χ1) is 10.2. The van der Waals surface area contributed by atoms with Crippen molar-refractivity contribution in [1.29, 1.82) is 0 Å². The summed E-state index contributed by atoms with van der Waals surface area (Å²) in [7, 11) is 0. The number of halogens is 2. The van der Waals surface area contributed by atoms with Gasteiger partial charge in [0.25, 0.3) is 5.91 Å². The number of benzene rings is 2. The molecule has 0 bridgehead atoms. The lowest BCUT2D eigenvalue weighted by Gasteiger charge is -2.20. The Hall–Kier alpha value is -2.43. The highest BCUT2D eigenvalue weighted by Gasteiger charge is 2.17. The molecule has 0 aliphatic rings. The molecule has 1 amide bonds. The average Bonchev–Trinajstić information content (AvgIpc) is 2.38. The fourth-order valence-corrected chi connectivity index (χ4v) is 1.98. The van der Waals surface area contributed by atoms with Gasteiger partial charge in [-0.25, -0.2) is 8.78 Å². The van der Waals surface area contributed by atoms with Gasteiger partial charge in [-0.05, 0) is 35.2 Å². The van der Waals surface area contributed by atoms with Gasteiger partial charge in [-0.3, -0.25) is 4.79 Å². The molecule has 0 spiro atoms. The smallest absolute Gasteiger partial charge is 0.255 e. The number of hydrogen-bond donors (Lipinski definition) is 2. The minimum Gasteiger partial charge on any atom is -0.506 e. The summed E-state index contributed by atoms with van der Waals surface area (Å²) in [5.74, 6) is -2.48. The second-order valence-electron chi connectivity index (χ2n) is 6.09. The molecule has 0 aliphatic heterocycles. The molecule has 2 aromatic rings. The van der Waals surface area contributed by atoms with Crippen LogP contribution in [0.2, 0.25) is 0 Å². The van der Waals surface area contributed by atoms with E-state index >= 15 is 0 Å². The highest BCUT2D eigenvalue weighted by molar-refractivity contribution is 6.05. The van der Waals surface area contributed by atoms with Crippen molar-refractivity contribution >= 4 is 11.6 Å². The lowest BCUT2D eigenvalue weighted by atomic mass is 9.87. The van der Waals surface area contributed by atoms with Crippen molar-refractivity contribution in [3.05, 3.63) is 59.2 Å². The van der Waals surface area contributed by atoms with Crippen LogP contribution >= 0.6 is 0 Å². The van der Waals surface area contributed by atoms with E-state index in [1.165, 1.54) is 6.07 Å². The maximum Gasteiger partial charge on any atom is 0.255 e. The molecule has 0 unspecified atom stereocenters. The van der Waals surface area contributed by atoms with Gasteiger partial charge in [-0.1, -0.05) is 26.8 Å². The molecule has 2 rings (SSSR count). The van der Waals surface area contributed by atoms with Crippen molar-refractivity contribution in [2.24, 2.45) is 0 Å². The second kappa shape index (κ2) is 5.75. The predicted molar refractivity (Wildman–Crippen MR) is 81.1 cm³/mol. The van der Waals surface area contributed by atoms with Gasteiger partial charge in [0.05, 0.1) is 5.69 Å². The third kappa shape index (κ3) is 3.61. The van der Waals surface area contributed by atoms with Crippen LogP contribution in [-0.4, -0.2) is 11.0 Å². The Kier molecular flexibility index (Phi) is 4.17. The number of carbonyl (C=O) groups is 1. The van der Waals surface area contributed by atoms with Gasteiger partial charge in [0.1, 0.15) is 17.4 Å². The van der Waals surface area contributed by atoms with Crippen LogP contribution in [0.15, 0.2) is 36.4 Å². The van der Waals surface area contributed by atoms with Crippen LogP contribution in [0.1, 0.15) is 36.7 Å². The van der Waals surface area contributed by atoms with Crippen molar-refractivity contribution in [2.75, 3.05) is 5.32 Å². The lowest BCUT2D eigenvalue weighted by molar-refractivity contribution is 0.102. The Bertz CT molecular complexity index is 701. The van der Waals surface area contributed by atoms with Crippen LogP contribution in [0, 0.1) is 11.6 Å². The van der Waals surface area contributed by atoms with Crippen LogP contribution in [0.4, 0.5) is 14.5 Å². The van der Waals surface area contributed by atoms with E-state index in [0.29, 0.717) is 6.07 Å².